The van der Waals surface area contributed by atoms with Gasteiger partial charge in [-0.2, -0.15) is 0 Å². The number of hydrogen-bond acceptors (Lipinski definition) is 10. The van der Waals surface area contributed by atoms with E-state index in [0.29, 0.717) is 0 Å². The molecule has 1 aromatic rings. The fourth-order valence-corrected chi connectivity index (χ4v) is 0.799. The van der Waals surface area contributed by atoms with E-state index in [1.54, 1.807) is 6.20 Å². The van der Waals surface area contributed by atoms with Gasteiger partial charge in [0.1, 0.15) is 18.1 Å². The number of aliphatic hydroxyl groups is 1. The van der Waals surface area contributed by atoms with Crippen molar-refractivity contribution in [3.8, 4) is 0 Å². The van der Waals surface area contributed by atoms with E-state index >= 15 is 0 Å². The second-order valence-electron chi connectivity index (χ2n) is 5.08. The Balaban J connectivity index is -0.000000330. The zero-order valence-corrected chi connectivity index (χ0v) is 15.6. The standard InChI is InChI=1S/C6H9N3O2.C3H7NO3.C3H7NO2.C2H5NO2/c7-5(6(10)11)1-4-2-8-3-9-4;4-2(1-5)3(6)7;1-2(4)3(5)6;3-1-2(4)5/h2-3,5H,1,7H2,(H,8,9)(H,10,11);2,5H,1,4H2,(H,6,7);2H,4H2,1H3,(H,5,6);1,3H2,(H,4,5)/t5-;2*2-;/m000./s1. The third-order valence-corrected chi connectivity index (χ3v) is 2.39. The second kappa shape index (κ2) is 18.3. The van der Waals surface area contributed by atoms with Gasteiger partial charge in [-0.25, -0.2) is 4.98 Å². The molecule has 15 heteroatoms. The molecule has 15 nitrogen and oxygen atoms in total. The summed E-state index contributed by atoms with van der Waals surface area (Å²) in [5, 5.41) is 39.8. The van der Waals surface area contributed by atoms with Gasteiger partial charge in [0.25, 0.3) is 0 Å². The smallest absolute Gasteiger partial charge is 0.322 e. The summed E-state index contributed by atoms with van der Waals surface area (Å²) in [5.74, 6) is -4.11. The molecule has 1 heterocycles. The molecule has 1 rings (SSSR count). The summed E-state index contributed by atoms with van der Waals surface area (Å²) in [6, 6.07) is -2.71. The summed E-state index contributed by atoms with van der Waals surface area (Å²) < 4.78 is 0. The number of nitrogens with one attached hydrogen (secondary N) is 1. The van der Waals surface area contributed by atoms with E-state index in [2.05, 4.69) is 15.7 Å². The van der Waals surface area contributed by atoms with E-state index in [1.807, 2.05) is 0 Å². The lowest BCUT2D eigenvalue weighted by Gasteiger charge is -2.02. The Morgan fingerprint density at radius 3 is 1.59 bits per heavy atom. The second-order valence-corrected chi connectivity index (χ2v) is 5.08. The van der Waals surface area contributed by atoms with Crippen molar-refractivity contribution in [3.05, 3.63) is 18.2 Å². The van der Waals surface area contributed by atoms with Gasteiger partial charge >= 0.3 is 23.9 Å². The van der Waals surface area contributed by atoms with Gasteiger partial charge in [-0.05, 0) is 6.92 Å². The summed E-state index contributed by atoms with van der Waals surface area (Å²) in [6.45, 7) is 0.637. The molecular formula is C14H28N6O9. The highest BCUT2D eigenvalue weighted by Crippen LogP contribution is 1.95. The van der Waals surface area contributed by atoms with Crippen LogP contribution in [0.2, 0.25) is 0 Å². The zero-order valence-electron chi connectivity index (χ0n) is 15.6. The number of H-pyrrole nitrogens is 1. The molecule has 0 saturated carbocycles. The van der Waals surface area contributed by atoms with Crippen molar-refractivity contribution < 1.29 is 44.7 Å². The number of carboxylic acid groups (broad SMARTS) is 4. The first kappa shape index (κ1) is 30.6. The third-order valence-electron chi connectivity index (χ3n) is 2.39. The maximum Gasteiger partial charge on any atom is 0.322 e. The van der Waals surface area contributed by atoms with E-state index < -0.39 is 48.6 Å². The van der Waals surface area contributed by atoms with Crippen LogP contribution in [-0.4, -0.2) is 90.7 Å². The third kappa shape index (κ3) is 22.8. The Morgan fingerprint density at radius 1 is 1.00 bits per heavy atom. The summed E-state index contributed by atoms with van der Waals surface area (Å²) in [6.07, 6.45) is 3.34. The van der Waals surface area contributed by atoms with Gasteiger partial charge in [0.15, 0.2) is 0 Å². The lowest BCUT2D eigenvalue weighted by molar-refractivity contribution is -0.140. The van der Waals surface area contributed by atoms with E-state index in [1.165, 1.54) is 13.3 Å². The van der Waals surface area contributed by atoms with Crippen LogP contribution >= 0.6 is 0 Å². The number of nitrogens with two attached hydrogens (primary N) is 4. The molecule has 168 valence electrons. The van der Waals surface area contributed by atoms with Crippen LogP contribution in [0.15, 0.2) is 12.5 Å². The first-order valence-electron chi connectivity index (χ1n) is 7.75. The maximum absolute atomic E-state index is 10.3. The van der Waals surface area contributed by atoms with Gasteiger partial charge in [0.05, 0.1) is 19.5 Å². The van der Waals surface area contributed by atoms with Crippen LogP contribution in [0.5, 0.6) is 0 Å². The van der Waals surface area contributed by atoms with Crippen LogP contribution in [0.1, 0.15) is 12.6 Å². The number of aliphatic hydroxyl groups excluding tert-OH is 1. The first-order valence-corrected chi connectivity index (χ1v) is 7.75. The van der Waals surface area contributed by atoms with E-state index in [9.17, 15) is 19.2 Å². The maximum atomic E-state index is 10.3. The van der Waals surface area contributed by atoms with Gasteiger partial charge in [-0.1, -0.05) is 0 Å². The van der Waals surface area contributed by atoms with Crippen LogP contribution < -0.4 is 22.9 Å². The molecule has 0 aliphatic heterocycles. The topological polar surface area (TPSA) is 302 Å². The molecule has 0 aliphatic rings. The van der Waals surface area contributed by atoms with Gasteiger partial charge in [-0.15, -0.1) is 0 Å². The molecule has 0 bridgehead atoms. The number of hydrogen-bond donors (Lipinski definition) is 10. The molecule has 0 unspecified atom stereocenters. The van der Waals surface area contributed by atoms with Gasteiger partial charge in [-0.3, -0.25) is 19.2 Å². The normalized spacial score (nSPS) is 12.2. The minimum Gasteiger partial charge on any atom is -0.480 e. The fourth-order valence-electron chi connectivity index (χ4n) is 0.799. The minimum atomic E-state index is -1.18. The largest absolute Gasteiger partial charge is 0.480 e. The lowest BCUT2D eigenvalue weighted by atomic mass is 10.2. The first-order chi connectivity index (χ1) is 13.3. The van der Waals surface area contributed by atoms with E-state index in [-0.39, 0.29) is 13.0 Å². The molecule has 0 amide bonds. The fraction of sp³-hybridized carbons (Fsp3) is 0.500. The highest BCUT2D eigenvalue weighted by Gasteiger charge is 2.12. The number of aromatic nitrogens is 2. The number of nitrogens with zero attached hydrogens (tertiary/aromatic N) is 1. The monoisotopic (exact) mass is 424 g/mol. The van der Waals surface area contributed by atoms with Gasteiger partial charge in [0.2, 0.25) is 0 Å². The van der Waals surface area contributed by atoms with Crippen molar-refractivity contribution >= 4 is 23.9 Å². The highest BCUT2D eigenvalue weighted by atomic mass is 16.4. The Kier molecular flexibility index (Phi) is 19.3. The van der Waals surface area contributed by atoms with Crippen molar-refractivity contribution in [2.75, 3.05) is 13.2 Å². The predicted molar refractivity (Wildman–Crippen MR) is 98.6 cm³/mol. The molecule has 29 heavy (non-hydrogen) atoms. The minimum absolute atomic E-state index is 0.278. The van der Waals surface area contributed by atoms with Crippen molar-refractivity contribution in [1.82, 2.24) is 9.97 Å². The number of imidazole rings is 1. The average molecular weight is 424 g/mol. The molecule has 14 N–H and O–H groups in total. The Hall–Kier alpha value is -3.11. The van der Waals surface area contributed by atoms with E-state index in [0.717, 1.165) is 5.69 Å². The number of aliphatic carboxylic acids is 4. The van der Waals surface area contributed by atoms with Crippen LogP contribution in [0.4, 0.5) is 0 Å². The summed E-state index contributed by atoms with van der Waals surface area (Å²) in [4.78, 5) is 45.2. The van der Waals surface area contributed by atoms with Crippen LogP contribution in [0.3, 0.4) is 0 Å². The molecule has 0 fully saturated rings. The van der Waals surface area contributed by atoms with Crippen molar-refractivity contribution in [3.63, 3.8) is 0 Å². The Bertz CT molecular complexity index is 594. The number of aromatic amines is 1. The lowest BCUT2D eigenvalue weighted by Crippen LogP contribution is -2.33. The molecule has 0 radical (unpaired) electrons. The summed E-state index contributed by atoms with van der Waals surface area (Å²) in [5.41, 5.74) is 20.2. The molecule has 0 aromatic carbocycles. The number of carboxylic acids is 4. The Morgan fingerprint density at radius 2 is 1.41 bits per heavy atom. The van der Waals surface area contributed by atoms with Crippen LogP contribution in [-0.2, 0) is 25.6 Å². The van der Waals surface area contributed by atoms with Crippen LogP contribution in [0, 0.1) is 0 Å². The molecule has 0 spiro atoms. The number of carbonyl (C=O) groups is 4. The van der Waals surface area contributed by atoms with Crippen molar-refractivity contribution in [1.29, 1.82) is 0 Å². The SMILES string of the molecule is C[C@H](N)C(=O)O.NCC(=O)O.N[C@@H](CO)C(=O)O.N[C@@H](Cc1cnc[nH]1)C(=O)O. The zero-order chi connectivity index (χ0) is 23.6. The molecular weight excluding hydrogens is 396 g/mol. The van der Waals surface area contributed by atoms with Crippen molar-refractivity contribution in [2.24, 2.45) is 22.9 Å². The Labute approximate surface area is 165 Å². The molecule has 0 saturated heterocycles. The molecule has 0 aliphatic carbocycles. The molecule has 1 aromatic heterocycles. The highest BCUT2D eigenvalue weighted by molar-refractivity contribution is 5.73. The number of rotatable bonds is 7. The summed E-state index contributed by atoms with van der Waals surface area (Å²) in [7, 11) is 0. The predicted octanol–water partition coefficient (Wildman–Crippen LogP) is -3.80. The average Bonchev–Trinajstić information content (AvgIpc) is 3.15. The summed E-state index contributed by atoms with van der Waals surface area (Å²) >= 11 is 0. The quantitative estimate of drug-likeness (QED) is 0.201. The van der Waals surface area contributed by atoms with Gasteiger partial charge in [0, 0.05) is 18.3 Å². The van der Waals surface area contributed by atoms with E-state index in [4.69, 9.17) is 42.7 Å². The molecule has 3 atom stereocenters. The van der Waals surface area contributed by atoms with Gasteiger partial charge < -0.3 is 53.5 Å². The van der Waals surface area contributed by atoms with Crippen molar-refractivity contribution in [2.45, 2.75) is 31.5 Å². The van der Waals surface area contributed by atoms with Crippen LogP contribution in [0.25, 0.3) is 0 Å².